The number of hydrogen-bond acceptors (Lipinski definition) is 3. The van der Waals surface area contributed by atoms with Gasteiger partial charge in [-0.25, -0.2) is 9.78 Å². The highest BCUT2D eigenvalue weighted by molar-refractivity contribution is 5.91. The first-order valence-electron chi connectivity index (χ1n) is 6.10. The molecule has 2 atom stereocenters. The van der Waals surface area contributed by atoms with Crippen LogP contribution in [0, 0.1) is 11.8 Å². The number of hydrogen-bond donors (Lipinski definition) is 2. The first kappa shape index (κ1) is 11.9. The Balaban J connectivity index is 2.01. The van der Waals surface area contributed by atoms with E-state index in [4.69, 9.17) is 5.11 Å². The summed E-state index contributed by atoms with van der Waals surface area (Å²) in [5.74, 6) is 0.400. The van der Waals surface area contributed by atoms with Crippen LogP contribution in [0.4, 0.5) is 5.69 Å². The summed E-state index contributed by atoms with van der Waals surface area (Å²) in [4.78, 5) is 14.9. The molecule has 0 saturated heterocycles. The number of anilines is 1. The Bertz CT molecular complexity index is 406. The lowest BCUT2D eigenvalue weighted by molar-refractivity contribution is 0.0691. The highest BCUT2D eigenvalue weighted by Crippen LogP contribution is 2.31. The summed E-state index contributed by atoms with van der Waals surface area (Å²) < 4.78 is 0. The molecule has 2 rings (SSSR count). The molecule has 1 aliphatic rings. The van der Waals surface area contributed by atoms with Gasteiger partial charge in [0.25, 0.3) is 0 Å². The second-order valence-corrected chi connectivity index (χ2v) is 4.75. The molecule has 2 N–H and O–H groups in total. The molecule has 1 aliphatic carbocycles. The number of carbonyl (C=O) groups is 1. The van der Waals surface area contributed by atoms with Crippen molar-refractivity contribution < 1.29 is 9.90 Å². The number of pyridine rings is 1. The zero-order valence-corrected chi connectivity index (χ0v) is 10.0. The van der Waals surface area contributed by atoms with Crippen molar-refractivity contribution in [3.8, 4) is 0 Å². The molecule has 0 spiro atoms. The van der Waals surface area contributed by atoms with Crippen LogP contribution in [0.25, 0.3) is 0 Å². The third-order valence-corrected chi connectivity index (χ3v) is 3.60. The van der Waals surface area contributed by atoms with Crippen LogP contribution >= 0.6 is 0 Å². The van der Waals surface area contributed by atoms with Gasteiger partial charge in [-0.1, -0.05) is 19.8 Å². The fourth-order valence-electron chi connectivity index (χ4n) is 2.48. The molecule has 0 amide bonds. The van der Waals surface area contributed by atoms with Gasteiger partial charge < -0.3 is 10.4 Å². The summed E-state index contributed by atoms with van der Waals surface area (Å²) in [7, 11) is 0. The summed E-state index contributed by atoms with van der Waals surface area (Å²) in [6, 6.07) is 3.53. The SMILES string of the molecule is CC1CCCC1CNc1cccnc1C(=O)O. The Morgan fingerprint density at radius 2 is 2.41 bits per heavy atom. The van der Waals surface area contributed by atoms with Crippen molar-refractivity contribution in [1.29, 1.82) is 0 Å². The van der Waals surface area contributed by atoms with Gasteiger partial charge in [0, 0.05) is 12.7 Å². The van der Waals surface area contributed by atoms with Crippen molar-refractivity contribution in [1.82, 2.24) is 4.98 Å². The number of nitrogens with zero attached hydrogens (tertiary/aromatic N) is 1. The first-order chi connectivity index (χ1) is 8.18. The molecule has 1 aromatic rings. The van der Waals surface area contributed by atoms with Crippen LogP contribution in [0.1, 0.15) is 36.7 Å². The molecular formula is C13H18N2O2. The summed E-state index contributed by atoms with van der Waals surface area (Å²) in [5, 5.41) is 12.2. The van der Waals surface area contributed by atoms with Gasteiger partial charge in [0.1, 0.15) is 0 Å². The molecule has 1 saturated carbocycles. The third kappa shape index (κ3) is 2.75. The summed E-state index contributed by atoms with van der Waals surface area (Å²) >= 11 is 0. The van der Waals surface area contributed by atoms with Gasteiger partial charge in [0.05, 0.1) is 5.69 Å². The van der Waals surface area contributed by atoms with E-state index in [9.17, 15) is 4.79 Å². The van der Waals surface area contributed by atoms with Crippen molar-refractivity contribution in [2.45, 2.75) is 26.2 Å². The lowest BCUT2D eigenvalue weighted by atomic mass is 9.98. The molecule has 92 valence electrons. The minimum absolute atomic E-state index is 0.109. The monoisotopic (exact) mass is 234 g/mol. The molecule has 1 fully saturated rings. The maximum atomic E-state index is 11.0. The number of aromatic carboxylic acids is 1. The minimum atomic E-state index is -0.979. The average Bonchev–Trinajstić information content (AvgIpc) is 2.72. The van der Waals surface area contributed by atoms with E-state index in [-0.39, 0.29) is 5.69 Å². The molecule has 0 radical (unpaired) electrons. The standard InChI is InChI=1S/C13H18N2O2/c1-9-4-2-5-10(9)8-15-11-6-3-7-14-12(11)13(16)17/h3,6-7,9-10,15H,2,4-5,8H2,1H3,(H,16,17). The van der Waals surface area contributed by atoms with E-state index in [1.807, 2.05) is 0 Å². The Morgan fingerprint density at radius 1 is 1.59 bits per heavy atom. The number of rotatable bonds is 4. The third-order valence-electron chi connectivity index (χ3n) is 3.60. The molecule has 0 bridgehead atoms. The highest BCUT2D eigenvalue weighted by atomic mass is 16.4. The number of carboxylic acids is 1. The van der Waals surface area contributed by atoms with E-state index in [1.165, 1.54) is 25.5 Å². The summed E-state index contributed by atoms with van der Waals surface area (Å²) in [5.41, 5.74) is 0.734. The van der Waals surface area contributed by atoms with Gasteiger partial charge in [0.2, 0.25) is 0 Å². The maximum Gasteiger partial charge on any atom is 0.356 e. The van der Waals surface area contributed by atoms with Crippen molar-refractivity contribution in [2.75, 3.05) is 11.9 Å². The Kier molecular flexibility index (Phi) is 3.61. The van der Waals surface area contributed by atoms with Crippen molar-refractivity contribution in [3.63, 3.8) is 0 Å². The maximum absolute atomic E-state index is 11.0. The number of aromatic nitrogens is 1. The molecule has 2 unspecified atom stereocenters. The molecule has 0 aliphatic heterocycles. The van der Waals surface area contributed by atoms with Crippen LogP contribution in [0.15, 0.2) is 18.3 Å². The smallest absolute Gasteiger partial charge is 0.356 e. The van der Waals surface area contributed by atoms with E-state index in [0.29, 0.717) is 11.6 Å². The Morgan fingerprint density at radius 3 is 3.06 bits per heavy atom. The Labute approximate surface area is 101 Å². The summed E-state index contributed by atoms with van der Waals surface area (Å²) in [6.07, 6.45) is 5.31. The van der Waals surface area contributed by atoms with Crippen LogP contribution in [0.5, 0.6) is 0 Å². The zero-order valence-electron chi connectivity index (χ0n) is 10.0. The molecule has 4 nitrogen and oxygen atoms in total. The fourth-order valence-corrected chi connectivity index (χ4v) is 2.48. The van der Waals surface area contributed by atoms with E-state index < -0.39 is 5.97 Å². The van der Waals surface area contributed by atoms with Crippen molar-refractivity contribution in [2.24, 2.45) is 11.8 Å². The van der Waals surface area contributed by atoms with Crippen LogP contribution in [-0.2, 0) is 0 Å². The lowest BCUT2D eigenvalue weighted by Crippen LogP contribution is -2.18. The second kappa shape index (κ2) is 5.17. The van der Waals surface area contributed by atoms with Gasteiger partial charge in [-0.15, -0.1) is 0 Å². The van der Waals surface area contributed by atoms with Gasteiger partial charge in [-0.2, -0.15) is 0 Å². The first-order valence-corrected chi connectivity index (χ1v) is 6.10. The molecule has 1 aromatic heterocycles. The van der Waals surface area contributed by atoms with E-state index in [2.05, 4.69) is 17.2 Å². The van der Waals surface area contributed by atoms with Crippen LogP contribution in [0.2, 0.25) is 0 Å². The van der Waals surface area contributed by atoms with E-state index >= 15 is 0 Å². The van der Waals surface area contributed by atoms with Crippen LogP contribution in [-0.4, -0.2) is 22.6 Å². The van der Waals surface area contributed by atoms with E-state index in [1.54, 1.807) is 12.1 Å². The Hall–Kier alpha value is -1.58. The number of carboxylic acid groups (broad SMARTS) is 1. The molecule has 1 heterocycles. The summed E-state index contributed by atoms with van der Waals surface area (Å²) in [6.45, 7) is 3.10. The normalized spacial score (nSPS) is 23.6. The predicted molar refractivity (Wildman–Crippen MR) is 66.2 cm³/mol. The van der Waals surface area contributed by atoms with Crippen LogP contribution in [0.3, 0.4) is 0 Å². The van der Waals surface area contributed by atoms with Crippen molar-refractivity contribution in [3.05, 3.63) is 24.0 Å². The zero-order chi connectivity index (χ0) is 12.3. The van der Waals surface area contributed by atoms with Gasteiger partial charge in [-0.05, 0) is 30.4 Å². The van der Waals surface area contributed by atoms with Crippen molar-refractivity contribution >= 4 is 11.7 Å². The van der Waals surface area contributed by atoms with Gasteiger partial charge in [0.15, 0.2) is 5.69 Å². The van der Waals surface area contributed by atoms with Gasteiger partial charge in [-0.3, -0.25) is 0 Å². The molecule has 4 heteroatoms. The lowest BCUT2D eigenvalue weighted by Gasteiger charge is -2.17. The fraction of sp³-hybridized carbons (Fsp3) is 0.538. The predicted octanol–water partition coefficient (Wildman–Crippen LogP) is 2.63. The number of nitrogens with one attached hydrogen (secondary N) is 1. The topological polar surface area (TPSA) is 62.2 Å². The molecular weight excluding hydrogens is 216 g/mol. The van der Waals surface area contributed by atoms with Gasteiger partial charge >= 0.3 is 5.97 Å². The highest BCUT2D eigenvalue weighted by Gasteiger charge is 2.23. The second-order valence-electron chi connectivity index (χ2n) is 4.75. The minimum Gasteiger partial charge on any atom is -0.476 e. The molecule has 17 heavy (non-hydrogen) atoms. The molecule has 0 aromatic carbocycles. The van der Waals surface area contributed by atoms with Crippen LogP contribution < -0.4 is 5.32 Å². The van der Waals surface area contributed by atoms with E-state index in [0.717, 1.165) is 12.5 Å². The quantitative estimate of drug-likeness (QED) is 0.840. The average molecular weight is 234 g/mol. The largest absolute Gasteiger partial charge is 0.476 e.